The van der Waals surface area contributed by atoms with Gasteiger partial charge in [0, 0.05) is 5.82 Å². The third-order valence-electron chi connectivity index (χ3n) is 4.37. The molecule has 0 unspecified atom stereocenters. The number of rotatable bonds is 7. The molecule has 152 valence electrons. The molecule has 8 nitrogen and oxygen atoms in total. The second-order valence-corrected chi connectivity index (χ2v) is 8.01. The number of aromatic nitrogens is 4. The average Bonchev–Trinajstić information content (AvgIpc) is 3.22. The molecular formula is C21H19N5O3S. The number of methoxy groups -OCH3 is 1. The molecule has 0 aliphatic heterocycles. The topological polar surface area (TPSA) is 92.1 Å². The van der Waals surface area contributed by atoms with Gasteiger partial charge in [-0.2, -0.15) is 4.57 Å². The van der Waals surface area contributed by atoms with Gasteiger partial charge in [0.05, 0.1) is 17.5 Å². The van der Waals surface area contributed by atoms with E-state index >= 15 is 0 Å². The lowest BCUT2D eigenvalue weighted by molar-refractivity contribution is -0.686. The Hall–Kier alpha value is -3.72. The number of sulfonamides is 1. The predicted molar refractivity (Wildman–Crippen MR) is 112 cm³/mol. The standard InChI is InChI=1S/C21H19N5O3S/c1-3-12-25-13-14-26(15-25)21-20(22-18-6-4-5-7-19(18)23-21)24-30(27,28)17-10-8-16(29-2)9-11-17/h3-11,13-15H,1,12H2,2H3. The molecule has 2 heterocycles. The minimum absolute atomic E-state index is 0.00544. The highest BCUT2D eigenvalue weighted by Gasteiger charge is 2.16. The lowest BCUT2D eigenvalue weighted by atomic mass is 10.3. The minimum Gasteiger partial charge on any atom is -0.497 e. The first-order valence-electron chi connectivity index (χ1n) is 9.07. The minimum atomic E-state index is -4.01. The van der Waals surface area contributed by atoms with Crippen molar-refractivity contribution in [3.8, 4) is 11.6 Å². The van der Waals surface area contributed by atoms with Crippen molar-refractivity contribution in [2.24, 2.45) is 0 Å². The first-order valence-corrected chi connectivity index (χ1v) is 10.5. The zero-order valence-corrected chi connectivity index (χ0v) is 17.0. The Balaban J connectivity index is 1.80. The Kier molecular flexibility index (Phi) is 5.20. The van der Waals surface area contributed by atoms with Crippen molar-refractivity contribution in [1.29, 1.82) is 0 Å². The van der Waals surface area contributed by atoms with E-state index in [0.717, 1.165) is 0 Å². The van der Waals surface area contributed by atoms with Crippen LogP contribution < -0.4 is 9.30 Å². The van der Waals surface area contributed by atoms with Crippen LogP contribution in [-0.4, -0.2) is 30.1 Å². The van der Waals surface area contributed by atoms with Gasteiger partial charge in [-0.1, -0.05) is 30.9 Å². The summed E-state index contributed by atoms with van der Waals surface area (Å²) in [6.07, 6.45) is 7.14. The van der Waals surface area contributed by atoms with E-state index in [1.165, 1.54) is 19.2 Å². The summed E-state index contributed by atoms with van der Waals surface area (Å²) >= 11 is 0. The maximum absolute atomic E-state index is 12.9. The molecule has 0 N–H and O–H groups in total. The summed E-state index contributed by atoms with van der Waals surface area (Å²) in [7, 11) is -2.50. The number of benzene rings is 2. The van der Waals surface area contributed by atoms with Gasteiger partial charge in [0.25, 0.3) is 0 Å². The number of imidazole rings is 1. The highest BCUT2D eigenvalue weighted by Crippen LogP contribution is 2.32. The van der Waals surface area contributed by atoms with Gasteiger partial charge >= 0.3 is 0 Å². The van der Waals surface area contributed by atoms with Gasteiger partial charge in [-0.25, -0.2) is 18.0 Å². The zero-order valence-electron chi connectivity index (χ0n) is 16.2. The molecule has 0 fully saturated rings. The zero-order chi connectivity index (χ0) is 21.1. The smallest absolute Gasteiger partial charge is 0.250 e. The van der Waals surface area contributed by atoms with Gasteiger partial charge in [0.2, 0.25) is 22.2 Å². The van der Waals surface area contributed by atoms with Gasteiger partial charge in [-0.3, -0.25) is 0 Å². The van der Waals surface area contributed by atoms with Crippen LogP contribution in [0.2, 0.25) is 0 Å². The number of nitrogens with zero attached hydrogens (tertiary/aromatic N) is 5. The number of para-hydroxylation sites is 2. The Morgan fingerprint density at radius 1 is 1.13 bits per heavy atom. The van der Waals surface area contributed by atoms with Crippen LogP contribution in [0.3, 0.4) is 0 Å². The van der Waals surface area contributed by atoms with Gasteiger partial charge in [0.15, 0.2) is 0 Å². The average molecular weight is 421 g/mol. The van der Waals surface area contributed by atoms with Crippen LogP contribution in [-0.2, 0) is 16.6 Å². The van der Waals surface area contributed by atoms with E-state index in [2.05, 4.69) is 21.3 Å². The van der Waals surface area contributed by atoms with Crippen molar-refractivity contribution in [3.05, 3.63) is 84.6 Å². The molecule has 4 rings (SSSR count). The Bertz CT molecular complexity index is 1310. The van der Waals surface area contributed by atoms with E-state index in [-0.39, 0.29) is 10.7 Å². The first kappa shape index (κ1) is 19.6. The van der Waals surface area contributed by atoms with Gasteiger partial charge in [-0.05, 0) is 35.8 Å². The molecule has 0 radical (unpaired) electrons. The molecule has 0 atom stereocenters. The summed E-state index contributed by atoms with van der Waals surface area (Å²) in [5, 5.41) is 0. The van der Waals surface area contributed by atoms with E-state index in [1.807, 2.05) is 29.0 Å². The molecule has 0 saturated heterocycles. The van der Waals surface area contributed by atoms with E-state index < -0.39 is 10.0 Å². The number of fused-ring (bicyclic) bond motifs is 1. The molecule has 9 heteroatoms. The third kappa shape index (κ3) is 3.87. The van der Waals surface area contributed by atoms with E-state index in [4.69, 9.17) is 4.74 Å². The van der Waals surface area contributed by atoms with Gasteiger partial charge in [-0.15, -0.1) is 0 Å². The molecule has 2 aromatic heterocycles. The SMILES string of the molecule is C=CC[n+]1ccn(-c2nc3ccccc3nc2[N-]S(=O)(=O)c2ccc(OC)cc2)c1. The fourth-order valence-electron chi connectivity index (χ4n) is 2.91. The Labute approximate surface area is 174 Å². The van der Waals surface area contributed by atoms with Crippen LogP contribution in [0.1, 0.15) is 0 Å². The van der Waals surface area contributed by atoms with E-state index in [1.54, 1.807) is 41.4 Å². The molecule has 0 aliphatic carbocycles. The Morgan fingerprint density at radius 3 is 2.50 bits per heavy atom. The summed E-state index contributed by atoms with van der Waals surface area (Å²) in [4.78, 5) is 9.12. The van der Waals surface area contributed by atoms with Crippen LogP contribution in [0.5, 0.6) is 5.75 Å². The molecular weight excluding hydrogens is 402 g/mol. The molecule has 0 saturated carbocycles. The number of allylic oxidation sites excluding steroid dienone is 1. The molecule has 0 bridgehead atoms. The fraction of sp³-hybridized carbons (Fsp3) is 0.0952. The first-order chi connectivity index (χ1) is 14.5. The molecule has 0 spiro atoms. The van der Waals surface area contributed by atoms with E-state index in [9.17, 15) is 8.42 Å². The molecule has 30 heavy (non-hydrogen) atoms. The summed E-state index contributed by atoms with van der Waals surface area (Å²) in [5.74, 6) is 0.874. The van der Waals surface area contributed by atoms with Gasteiger partial charge in [0.1, 0.15) is 24.7 Å². The van der Waals surface area contributed by atoms with Crippen LogP contribution in [0.4, 0.5) is 5.82 Å². The highest BCUT2D eigenvalue weighted by atomic mass is 32.2. The monoisotopic (exact) mass is 421 g/mol. The second-order valence-electron chi connectivity index (χ2n) is 6.41. The Morgan fingerprint density at radius 2 is 1.83 bits per heavy atom. The summed E-state index contributed by atoms with van der Waals surface area (Å²) in [5.41, 5.74) is 1.19. The number of ether oxygens (including phenoxy) is 1. The predicted octanol–water partition coefficient (Wildman–Crippen LogP) is 3.30. The fourth-order valence-corrected chi connectivity index (χ4v) is 3.84. The van der Waals surface area contributed by atoms with Crippen molar-refractivity contribution in [2.45, 2.75) is 11.4 Å². The number of hydrogen-bond donors (Lipinski definition) is 0. The molecule has 0 amide bonds. The largest absolute Gasteiger partial charge is 0.497 e. The normalized spacial score (nSPS) is 11.4. The van der Waals surface area contributed by atoms with Crippen LogP contribution in [0, 0.1) is 0 Å². The van der Waals surface area contributed by atoms with Crippen molar-refractivity contribution >= 4 is 26.9 Å². The highest BCUT2D eigenvalue weighted by molar-refractivity contribution is 7.94. The van der Waals surface area contributed by atoms with Crippen LogP contribution in [0.15, 0.2) is 84.8 Å². The van der Waals surface area contributed by atoms with Crippen LogP contribution in [0.25, 0.3) is 21.6 Å². The summed E-state index contributed by atoms with van der Waals surface area (Å²) in [6, 6.07) is 13.3. The molecule has 2 aromatic carbocycles. The maximum Gasteiger partial charge on any atom is 0.250 e. The quantitative estimate of drug-likeness (QED) is 0.337. The summed E-state index contributed by atoms with van der Waals surface area (Å²) in [6.45, 7) is 4.33. The number of hydrogen-bond acceptors (Lipinski definition) is 5. The molecule has 4 aromatic rings. The lowest BCUT2D eigenvalue weighted by Gasteiger charge is -2.18. The van der Waals surface area contributed by atoms with E-state index in [0.29, 0.717) is 29.1 Å². The summed E-state index contributed by atoms with van der Waals surface area (Å²) < 4.78 is 38.5. The van der Waals surface area contributed by atoms with Crippen molar-refractivity contribution < 1.29 is 17.7 Å². The van der Waals surface area contributed by atoms with Crippen molar-refractivity contribution in [1.82, 2.24) is 14.5 Å². The maximum atomic E-state index is 12.9. The molecule has 0 aliphatic rings. The van der Waals surface area contributed by atoms with Crippen molar-refractivity contribution in [3.63, 3.8) is 0 Å². The van der Waals surface area contributed by atoms with Crippen molar-refractivity contribution in [2.75, 3.05) is 7.11 Å². The lowest BCUT2D eigenvalue weighted by Crippen LogP contribution is -2.29. The third-order valence-corrected chi connectivity index (χ3v) is 5.66. The second kappa shape index (κ2) is 7.96. The van der Waals surface area contributed by atoms with Gasteiger partial charge < -0.3 is 14.4 Å². The van der Waals surface area contributed by atoms with Crippen LogP contribution >= 0.6 is 0 Å².